The Balaban J connectivity index is 0.000000369. The van der Waals surface area contributed by atoms with Gasteiger partial charge in [-0.3, -0.25) is 9.98 Å². The van der Waals surface area contributed by atoms with E-state index in [-0.39, 0.29) is 20.9 Å². The molecule has 0 aliphatic rings. The molecule has 0 saturated heterocycles. The Morgan fingerprint density at radius 3 is 1.17 bits per heavy atom. The van der Waals surface area contributed by atoms with Gasteiger partial charge in [-0.2, -0.15) is 0 Å². The van der Waals surface area contributed by atoms with Crippen LogP contribution in [0.1, 0.15) is 98.4 Å². The smallest absolute Gasteiger partial charge is 0.253 e. The van der Waals surface area contributed by atoms with Gasteiger partial charge in [-0.05, 0) is 102 Å². The van der Waals surface area contributed by atoms with E-state index in [0.29, 0.717) is 45.1 Å². The maximum atomic E-state index is 11.7. The molecule has 0 N–H and O–H groups in total. The summed E-state index contributed by atoms with van der Waals surface area (Å²) in [6, 6.07) is 3.19. The van der Waals surface area contributed by atoms with Crippen molar-refractivity contribution in [3.63, 3.8) is 0 Å². The number of nitrogens with zero attached hydrogens (tertiary/aromatic N) is 6. The summed E-state index contributed by atoms with van der Waals surface area (Å²) in [6.07, 6.45) is 13.6. The van der Waals surface area contributed by atoms with Crippen LogP contribution >= 0.6 is 0 Å². The fourth-order valence-corrected chi connectivity index (χ4v) is 8.10. The number of benzene rings is 2. The van der Waals surface area contributed by atoms with E-state index in [0.717, 1.165) is 13.1 Å². The first-order chi connectivity index (χ1) is 25.0. The van der Waals surface area contributed by atoms with Gasteiger partial charge in [-0.1, -0.05) is 38.8 Å². The molecule has 12 nitrogen and oxygen atoms in total. The van der Waals surface area contributed by atoms with Crippen LogP contribution in [0.25, 0.3) is 0 Å². The van der Waals surface area contributed by atoms with E-state index in [2.05, 4.69) is 94.8 Å². The number of hydrogen-bond acceptors (Lipinski definition) is 8. The van der Waals surface area contributed by atoms with E-state index in [1.165, 1.54) is 51.2 Å². The van der Waals surface area contributed by atoms with Crippen LogP contribution < -0.4 is 9.13 Å². The van der Waals surface area contributed by atoms with Crippen LogP contribution in [0.3, 0.4) is 0 Å². The van der Waals surface area contributed by atoms with Gasteiger partial charge in [0.05, 0.1) is 59.8 Å². The molecule has 14 heteroatoms. The third-order valence-corrected chi connectivity index (χ3v) is 11.9. The molecule has 0 atom stereocenters. The Kier molecular flexibility index (Phi) is 16.7. The Labute approximate surface area is 323 Å². The average Bonchev–Trinajstić information content (AvgIpc) is 3.55. The Hall–Kier alpha value is -3.98. The molecule has 0 unspecified atom stereocenters. The summed E-state index contributed by atoms with van der Waals surface area (Å²) < 4.78 is 79.2. The standard InChI is InChI=1S/C22H28N2O6S2.2C9H17N2/c1-11-9-13(3)21(31(25,26)27)15(5)19(11)23-17(7)18(8)24-20-12(2)10-14(4)22(16(20)6)32(28,29)30;2*1-4-5-6-11-8-7-10(3)9(11)2/h9-10H,1-8H3,(H,25,26,27)(H,28,29,30);2*7-8H,4-6H2,1-3H3/q;2*+1/p-2. The second-order valence-corrected chi connectivity index (χ2v) is 16.6. The average molecular weight is 785 g/mol. The SMILES string of the molecule is CC(=Nc1c(C)cc(C)c(S(=O)(=O)[O-])c1C)C(C)=Nc1c(C)cc(C)c(S(=O)(=O)[O-])c1C.CCCCn1cc[n+](C)c1C.CCCCn1cc[n+](C)c1C. The van der Waals surface area contributed by atoms with Gasteiger partial charge in [-0.15, -0.1) is 0 Å². The minimum atomic E-state index is -4.68. The summed E-state index contributed by atoms with van der Waals surface area (Å²) in [5.41, 5.74) is 4.22. The maximum absolute atomic E-state index is 11.7. The fraction of sp³-hybridized carbons (Fsp3) is 0.500. The third-order valence-electron chi connectivity index (χ3n) is 9.60. The lowest BCUT2D eigenvalue weighted by Crippen LogP contribution is -2.29. The summed E-state index contributed by atoms with van der Waals surface area (Å²) in [7, 11) is -5.19. The molecule has 0 saturated carbocycles. The highest BCUT2D eigenvalue weighted by Crippen LogP contribution is 2.34. The van der Waals surface area contributed by atoms with Crippen molar-refractivity contribution in [3.05, 3.63) is 81.9 Å². The van der Waals surface area contributed by atoms with Crippen molar-refractivity contribution in [2.24, 2.45) is 24.1 Å². The third kappa shape index (κ3) is 12.0. The molecule has 0 radical (unpaired) electrons. The molecule has 298 valence electrons. The first kappa shape index (κ1) is 46.2. The van der Waals surface area contributed by atoms with Gasteiger partial charge < -0.3 is 9.11 Å². The van der Waals surface area contributed by atoms with Crippen LogP contribution in [-0.2, 0) is 47.4 Å². The largest absolute Gasteiger partial charge is 0.744 e. The highest BCUT2D eigenvalue weighted by atomic mass is 32.2. The monoisotopic (exact) mass is 784 g/mol. The van der Waals surface area contributed by atoms with Crippen LogP contribution in [0.4, 0.5) is 11.4 Å². The lowest BCUT2D eigenvalue weighted by molar-refractivity contribution is -0.677. The molecule has 2 heterocycles. The van der Waals surface area contributed by atoms with Crippen LogP contribution in [0.5, 0.6) is 0 Å². The summed E-state index contributed by atoms with van der Waals surface area (Å²) in [5, 5.41) is 0. The normalized spacial score (nSPS) is 12.3. The van der Waals surface area contributed by atoms with Gasteiger partial charge in [0.15, 0.2) is 0 Å². The summed E-state index contributed by atoms with van der Waals surface area (Å²) >= 11 is 0. The number of imidazole rings is 2. The molecule has 0 fully saturated rings. The molecule has 2 aromatic carbocycles. The van der Waals surface area contributed by atoms with Crippen LogP contribution in [0.2, 0.25) is 0 Å². The topological polar surface area (TPSA) is 157 Å². The highest BCUT2D eigenvalue weighted by Gasteiger charge is 2.18. The molecular weight excluding hydrogens is 725 g/mol. The van der Waals surface area contributed by atoms with E-state index in [4.69, 9.17) is 0 Å². The predicted molar refractivity (Wildman–Crippen MR) is 213 cm³/mol. The van der Waals surface area contributed by atoms with Gasteiger partial charge in [0.2, 0.25) is 0 Å². The van der Waals surface area contributed by atoms with Crippen molar-refractivity contribution in [2.75, 3.05) is 0 Å². The minimum Gasteiger partial charge on any atom is -0.744 e. The summed E-state index contributed by atoms with van der Waals surface area (Å²) in [6.45, 7) is 24.1. The van der Waals surface area contributed by atoms with Crippen molar-refractivity contribution in [3.8, 4) is 0 Å². The number of hydrogen-bond donors (Lipinski definition) is 0. The quantitative estimate of drug-likeness (QED) is 0.0900. The summed E-state index contributed by atoms with van der Waals surface area (Å²) in [4.78, 5) is 8.46. The van der Waals surface area contributed by atoms with Gasteiger partial charge >= 0.3 is 0 Å². The molecule has 54 heavy (non-hydrogen) atoms. The highest BCUT2D eigenvalue weighted by molar-refractivity contribution is 7.86. The number of rotatable bonds is 11. The Morgan fingerprint density at radius 2 is 0.926 bits per heavy atom. The van der Waals surface area contributed by atoms with Crippen molar-refractivity contribution in [1.82, 2.24) is 9.13 Å². The Morgan fingerprint density at radius 1 is 0.611 bits per heavy atom. The Bertz CT molecular complexity index is 2070. The van der Waals surface area contributed by atoms with Crippen molar-refractivity contribution in [1.29, 1.82) is 0 Å². The number of aryl methyl sites for hydroxylation is 8. The molecule has 2 aromatic heterocycles. The van der Waals surface area contributed by atoms with E-state index in [1.54, 1.807) is 53.7 Å². The van der Waals surface area contributed by atoms with Crippen LogP contribution in [-0.4, -0.2) is 46.5 Å². The molecule has 0 spiro atoms. The van der Waals surface area contributed by atoms with E-state index >= 15 is 0 Å². The molecule has 0 aliphatic heterocycles. The second kappa shape index (κ2) is 19.6. The molecular formula is C40H60N6O6S2. The van der Waals surface area contributed by atoms with Gasteiger partial charge in [0.1, 0.15) is 45.0 Å². The van der Waals surface area contributed by atoms with Crippen molar-refractivity contribution in [2.45, 2.75) is 132 Å². The first-order valence-electron chi connectivity index (χ1n) is 18.2. The first-order valence-corrected chi connectivity index (χ1v) is 21.1. The van der Waals surface area contributed by atoms with E-state index < -0.39 is 20.2 Å². The molecule has 4 rings (SSSR count). The zero-order valence-corrected chi connectivity index (χ0v) is 36.3. The zero-order valence-electron chi connectivity index (χ0n) is 34.7. The van der Waals surface area contributed by atoms with Crippen LogP contribution in [0.15, 0.2) is 56.7 Å². The lowest BCUT2D eigenvalue weighted by Gasteiger charge is -2.18. The number of aliphatic imine (C=N–C) groups is 2. The number of aromatic nitrogens is 4. The predicted octanol–water partition coefficient (Wildman–Crippen LogP) is 7.07. The van der Waals surface area contributed by atoms with Gasteiger partial charge in [-0.25, -0.2) is 35.1 Å². The molecule has 4 aromatic rings. The van der Waals surface area contributed by atoms with Crippen molar-refractivity contribution >= 4 is 43.0 Å². The maximum Gasteiger partial charge on any atom is 0.253 e. The number of unbranched alkanes of at least 4 members (excludes halogenated alkanes) is 2. The minimum absolute atomic E-state index is 0.257. The summed E-state index contributed by atoms with van der Waals surface area (Å²) in [5.74, 6) is 2.66. The van der Waals surface area contributed by atoms with Crippen molar-refractivity contribution < 1.29 is 35.1 Å². The van der Waals surface area contributed by atoms with Gasteiger partial charge in [0.25, 0.3) is 11.6 Å². The molecule has 0 aliphatic carbocycles. The molecule has 0 amide bonds. The van der Waals surface area contributed by atoms with E-state index in [9.17, 15) is 25.9 Å². The zero-order chi connectivity index (χ0) is 41.3. The van der Waals surface area contributed by atoms with Gasteiger partial charge in [0, 0.05) is 13.8 Å². The van der Waals surface area contributed by atoms with E-state index in [1.807, 2.05) is 0 Å². The fourth-order valence-electron chi connectivity index (χ4n) is 6.25. The molecule has 0 bridgehead atoms. The second-order valence-electron chi connectivity index (χ2n) is 13.9. The lowest BCUT2D eigenvalue weighted by atomic mass is 10.0. The van der Waals surface area contributed by atoms with Crippen LogP contribution in [0, 0.1) is 55.4 Å².